The van der Waals surface area contributed by atoms with Crippen molar-refractivity contribution in [3.05, 3.63) is 64.8 Å². The molecule has 5 nitrogen and oxygen atoms in total. The second-order valence-electron chi connectivity index (χ2n) is 9.04. The fourth-order valence-corrected chi connectivity index (χ4v) is 4.99. The number of ether oxygens (including phenoxy) is 1. The molecule has 3 heterocycles. The minimum atomic E-state index is 0.0130. The van der Waals surface area contributed by atoms with Crippen molar-refractivity contribution >= 4 is 10.9 Å². The normalized spacial score (nSPS) is 21.4. The molecule has 5 rings (SSSR count). The van der Waals surface area contributed by atoms with E-state index in [2.05, 4.69) is 77.3 Å². The third kappa shape index (κ3) is 3.37. The largest absolute Gasteiger partial charge is 0.379 e. The first-order valence-corrected chi connectivity index (χ1v) is 10.6. The number of hydrogen-bond acceptors (Lipinski definition) is 4. The summed E-state index contributed by atoms with van der Waals surface area (Å²) in [6.45, 7) is 10.4. The molecule has 0 saturated carbocycles. The minimum Gasteiger partial charge on any atom is -0.379 e. The van der Waals surface area contributed by atoms with E-state index in [4.69, 9.17) is 4.74 Å². The van der Waals surface area contributed by atoms with Gasteiger partial charge in [-0.05, 0) is 49.2 Å². The van der Waals surface area contributed by atoms with E-state index >= 15 is 0 Å². The summed E-state index contributed by atoms with van der Waals surface area (Å²) >= 11 is 0. The minimum absolute atomic E-state index is 0.0130. The molecule has 1 fully saturated rings. The molecule has 2 aliphatic rings. The van der Waals surface area contributed by atoms with Gasteiger partial charge in [0.1, 0.15) is 0 Å². The standard InChI is InChI=1S/C24H30N4O/c1-24(2,28-8-10-29-11-9-28)20-6-7-21-19(12-20)15-27(3)16-22(21)17-4-5-18-14-25-26-23(18)13-17/h4-7,12-14,22H,8-11,15-16H2,1-3H3,(H,25,26). The van der Waals surface area contributed by atoms with E-state index in [0.717, 1.165) is 44.9 Å². The average molecular weight is 391 g/mol. The van der Waals surface area contributed by atoms with Crippen LogP contribution in [0, 0.1) is 0 Å². The van der Waals surface area contributed by atoms with Crippen LogP contribution in [-0.4, -0.2) is 59.9 Å². The lowest BCUT2D eigenvalue weighted by atomic mass is 9.81. The van der Waals surface area contributed by atoms with Crippen LogP contribution >= 0.6 is 0 Å². The Balaban J connectivity index is 1.51. The van der Waals surface area contributed by atoms with Gasteiger partial charge in [-0.3, -0.25) is 10.00 Å². The van der Waals surface area contributed by atoms with Gasteiger partial charge in [0.2, 0.25) is 0 Å². The highest BCUT2D eigenvalue weighted by molar-refractivity contribution is 5.78. The highest BCUT2D eigenvalue weighted by Gasteiger charge is 2.32. The smallest absolute Gasteiger partial charge is 0.0653 e. The van der Waals surface area contributed by atoms with Gasteiger partial charge in [-0.1, -0.05) is 30.3 Å². The SMILES string of the molecule is CN1Cc2cc(C(C)(C)N3CCOCC3)ccc2C(c2ccc3cn[nH]c3c2)C1. The fraction of sp³-hybridized carbons (Fsp3) is 0.458. The molecule has 3 aromatic rings. The van der Waals surface area contributed by atoms with Gasteiger partial charge >= 0.3 is 0 Å². The van der Waals surface area contributed by atoms with Gasteiger partial charge in [-0.25, -0.2) is 0 Å². The Morgan fingerprint density at radius 2 is 1.93 bits per heavy atom. The molecular formula is C24H30N4O. The van der Waals surface area contributed by atoms with Gasteiger partial charge < -0.3 is 9.64 Å². The van der Waals surface area contributed by atoms with Crippen molar-refractivity contribution in [2.24, 2.45) is 0 Å². The van der Waals surface area contributed by atoms with Crippen LogP contribution in [0.3, 0.4) is 0 Å². The number of morpholine rings is 1. The third-order valence-electron chi connectivity index (χ3n) is 6.83. The summed E-state index contributed by atoms with van der Waals surface area (Å²) in [6.07, 6.45) is 1.89. The summed E-state index contributed by atoms with van der Waals surface area (Å²) < 4.78 is 5.57. The maximum absolute atomic E-state index is 5.57. The molecule has 1 unspecified atom stereocenters. The molecule has 1 aromatic heterocycles. The molecule has 152 valence electrons. The van der Waals surface area contributed by atoms with E-state index in [1.54, 1.807) is 0 Å². The van der Waals surface area contributed by atoms with Crippen molar-refractivity contribution in [2.45, 2.75) is 31.8 Å². The monoisotopic (exact) mass is 390 g/mol. The van der Waals surface area contributed by atoms with Crippen LogP contribution < -0.4 is 0 Å². The predicted molar refractivity (Wildman–Crippen MR) is 116 cm³/mol. The first kappa shape index (κ1) is 18.8. The molecule has 29 heavy (non-hydrogen) atoms. The number of H-pyrrole nitrogens is 1. The number of nitrogens with zero attached hydrogens (tertiary/aromatic N) is 3. The van der Waals surface area contributed by atoms with E-state index in [-0.39, 0.29) is 5.54 Å². The van der Waals surface area contributed by atoms with Gasteiger partial charge in [-0.15, -0.1) is 0 Å². The Morgan fingerprint density at radius 3 is 2.76 bits per heavy atom. The molecule has 0 amide bonds. The van der Waals surface area contributed by atoms with E-state index in [9.17, 15) is 0 Å². The lowest BCUT2D eigenvalue weighted by molar-refractivity contribution is -0.0118. The highest BCUT2D eigenvalue weighted by Crippen LogP contribution is 2.37. The van der Waals surface area contributed by atoms with E-state index in [0.29, 0.717) is 5.92 Å². The lowest BCUT2D eigenvalue weighted by Crippen LogP contribution is -2.48. The Morgan fingerprint density at radius 1 is 1.10 bits per heavy atom. The Labute approximate surface area is 172 Å². The first-order chi connectivity index (χ1) is 14.0. The maximum atomic E-state index is 5.57. The van der Waals surface area contributed by atoms with Crippen LogP contribution in [0.4, 0.5) is 0 Å². The van der Waals surface area contributed by atoms with Crippen molar-refractivity contribution in [3.8, 4) is 0 Å². The van der Waals surface area contributed by atoms with Gasteiger partial charge in [0, 0.05) is 43.0 Å². The van der Waals surface area contributed by atoms with Crippen molar-refractivity contribution < 1.29 is 4.74 Å². The van der Waals surface area contributed by atoms with E-state index < -0.39 is 0 Å². The molecule has 0 aliphatic carbocycles. The second-order valence-corrected chi connectivity index (χ2v) is 9.04. The summed E-state index contributed by atoms with van der Waals surface area (Å²) in [4.78, 5) is 4.99. The van der Waals surface area contributed by atoms with Crippen LogP contribution in [0.2, 0.25) is 0 Å². The van der Waals surface area contributed by atoms with Crippen LogP contribution in [-0.2, 0) is 16.8 Å². The van der Waals surface area contributed by atoms with Crippen LogP contribution in [0.5, 0.6) is 0 Å². The quantitative estimate of drug-likeness (QED) is 0.741. The van der Waals surface area contributed by atoms with Gasteiger partial charge in [-0.2, -0.15) is 5.10 Å². The number of hydrogen-bond donors (Lipinski definition) is 1. The average Bonchev–Trinajstić information content (AvgIpc) is 3.21. The van der Waals surface area contributed by atoms with Gasteiger partial charge in [0.15, 0.2) is 0 Å². The summed E-state index contributed by atoms with van der Waals surface area (Å²) in [5.74, 6) is 0.386. The number of aromatic nitrogens is 2. The van der Waals surface area contributed by atoms with Crippen molar-refractivity contribution in [3.63, 3.8) is 0 Å². The number of nitrogens with one attached hydrogen (secondary N) is 1. The topological polar surface area (TPSA) is 44.4 Å². The first-order valence-electron chi connectivity index (χ1n) is 10.6. The zero-order chi connectivity index (χ0) is 20.0. The Bertz CT molecular complexity index is 1020. The van der Waals surface area contributed by atoms with Gasteiger partial charge in [0.05, 0.1) is 24.9 Å². The fourth-order valence-electron chi connectivity index (χ4n) is 4.99. The molecule has 1 atom stereocenters. The van der Waals surface area contributed by atoms with Crippen molar-refractivity contribution in [2.75, 3.05) is 39.9 Å². The summed E-state index contributed by atoms with van der Waals surface area (Å²) in [6, 6.07) is 13.9. The number of likely N-dealkylation sites (N-methyl/N-ethyl adjacent to an activating group) is 1. The zero-order valence-corrected chi connectivity index (χ0v) is 17.6. The molecule has 0 spiro atoms. The second kappa shape index (κ2) is 7.24. The predicted octanol–water partition coefficient (Wildman–Crippen LogP) is 3.71. The van der Waals surface area contributed by atoms with Crippen molar-refractivity contribution in [1.82, 2.24) is 20.0 Å². The molecule has 5 heteroatoms. The van der Waals surface area contributed by atoms with Crippen LogP contribution in [0.25, 0.3) is 10.9 Å². The van der Waals surface area contributed by atoms with E-state index in [1.807, 2.05) is 6.20 Å². The van der Waals surface area contributed by atoms with Crippen LogP contribution in [0.15, 0.2) is 42.6 Å². The number of rotatable bonds is 3. The molecule has 2 aliphatic heterocycles. The molecule has 2 aromatic carbocycles. The summed E-state index contributed by atoms with van der Waals surface area (Å²) in [5, 5.41) is 8.47. The highest BCUT2D eigenvalue weighted by atomic mass is 16.5. The van der Waals surface area contributed by atoms with Gasteiger partial charge in [0.25, 0.3) is 0 Å². The molecule has 0 radical (unpaired) electrons. The molecule has 1 saturated heterocycles. The molecule has 0 bridgehead atoms. The molecule has 1 N–H and O–H groups in total. The Hall–Kier alpha value is -2.21. The van der Waals surface area contributed by atoms with Crippen molar-refractivity contribution in [1.29, 1.82) is 0 Å². The number of benzene rings is 2. The molecular weight excluding hydrogens is 360 g/mol. The number of aromatic amines is 1. The summed E-state index contributed by atoms with van der Waals surface area (Å²) in [7, 11) is 2.23. The number of fused-ring (bicyclic) bond motifs is 2. The van der Waals surface area contributed by atoms with E-state index in [1.165, 1.54) is 27.6 Å². The van der Waals surface area contributed by atoms with Crippen LogP contribution in [0.1, 0.15) is 42.0 Å². The zero-order valence-electron chi connectivity index (χ0n) is 17.6. The lowest BCUT2D eigenvalue weighted by Gasteiger charge is -2.42. The summed E-state index contributed by atoms with van der Waals surface area (Å²) in [5.41, 5.74) is 6.79. The Kier molecular flexibility index (Phi) is 4.69. The maximum Gasteiger partial charge on any atom is 0.0653 e. The third-order valence-corrected chi connectivity index (χ3v) is 6.83.